The molecule has 0 aliphatic rings. The summed E-state index contributed by atoms with van der Waals surface area (Å²) < 4.78 is 0.452. The Hall–Kier alpha value is 2.92. The molecule has 0 aliphatic carbocycles. The molecule has 0 spiro atoms. The second kappa shape index (κ2) is 5.69. The molecule has 0 heterocycles. The molecule has 0 saturated carbocycles. The zero-order chi connectivity index (χ0) is 5.21. The van der Waals surface area contributed by atoms with Crippen LogP contribution in [0.3, 0.4) is 0 Å². The lowest BCUT2D eigenvalue weighted by molar-refractivity contribution is 1.09. The van der Waals surface area contributed by atoms with Crippen molar-refractivity contribution < 1.29 is 0 Å². The molecule has 0 fully saturated rings. The molecule has 0 rings (SSSR count). The number of hydrogen-bond donors (Lipinski definition) is 0. The van der Waals surface area contributed by atoms with Gasteiger partial charge in [0.25, 0.3) is 0 Å². The monoisotopic (exact) mass is 550 g/mol. The van der Waals surface area contributed by atoms with Gasteiger partial charge in [0.15, 0.2) is 0 Å². The van der Waals surface area contributed by atoms with Gasteiger partial charge in [0.2, 0.25) is 0 Å². The lowest BCUT2D eigenvalue weighted by Crippen LogP contribution is -1.91. The van der Waals surface area contributed by atoms with E-state index in [0.717, 1.165) is 0 Å². The Kier molecular flexibility index (Phi) is 10.2. The maximum absolute atomic E-state index is 2.41. The topological polar surface area (TPSA) is 0 Å². The average molecular weight is 550 g/mol. The van der Waals surface area contributed by atoms with Crippen molar-refractivity contribution in [3.63, 3.8) is 0 Å². The summed E-state index contributed by atoms with van der Waals surface area (Å²) in [6.07, 6.45) is 1.23. The van der Waals surface area contributed by atoms with Gasteiger partial charge in [0, 0.05) is 0 Å². The summed E-state index contributed by atoms with van der Waals surface area (Å²) in [6.45, 7) is 2.19. The number of hydrogen-bond acceptors (Lipinski definition) is 0. The Morgan fingerprint density at radius 2 is 1.43 bits per heavy atom. The van der Waals surface area contributed by atoms with Crippen molar-refractivity contribution in [2.45, 2.75) is 12.8 Å². The average Bonchev–Trinajstić information content (AvgIpc) is 1.35. The molecule has 0 N–H and O–H groups in total. The van der Waals surface area contributed by atoms with E-state index in [4.69, 9.17) is 0 Å². The van der Waals surface area contributed by atoms with Gasteiger partial charge in [0.05, 0.1) is 0 Å². The highest BCUT2D eigenvalue weighted by Gasteiger charge is 2.11. The van der Waals surface area contributed by atoms with Crippen molar-refractivity contribution in [1.29, 1.82) is 0 Å². The molecular formula is C3H6I4. The van der Waals surface area contributed by atoms with Crippen LogP contribution in [0.4, 0.5) is 0 Å². The molecule has 0 radical (unpaired) electrons. The van der Waals surface area contributed by atoms with E-state index in [0.29, 0.717) is -0.565 Å². The predicted octanol–water partition coefficient (Wildman–Crippen LogP) is 3.97. The molecule has 0 amide bonds. The lowest BCUT2D eigenvalue weighted by Gasteiger charge is -2.04. The van der Waals surface area contributed by atoms with Crippen molar-refractivity contribution >= 4 is 91.7 Å². The van der Waals surface area contributed by atoms with Crippen LogP contribution in [0.15, 0.2) is 0 Å². The van der Waals surface area contributed by atoms with Gasteiger partial charge in [0.1, 0.15) is -0.565 Å². The van der Waals surface area contributed by atoms with E-state index < -0.39 is 0 Å². The van der Waals surface area contributed by atoms with Gasteiger partial charge in [-0.25, -0.2) is 0 Å². The molecule has 0 unspecified atom stereocenters. The van der Waals surface area contributed by atoms with E-state index in [1.807, 2.05) is 0 Å². The minimum Gasteiger partial charge on any atom is -0.107 e. The minimum absolute atomic E-state index is 0. The first-order valence-corrected chi connectivity index (χ1v) is 4.86. The van der Waals surface area contributed by atoms with Crippen LogP contribution in [0.1, 0.15) is 13.3 Å². The second-order valence-corrected chi connectivity index (χ2v) is 12.7. The van der Waals surface area contributed by atoms with Crippen LogP contribution < -0.4 is 0 Å². The molecule has 0 bridgehead atoms. The molecule has 0 aromatic heterocycles. The van der Waals surface area contributed by atoms with Gasteiger partial charge in [-0.3, -0.25) is 0 Å². The van der Waals surface area contributed by atoms with Crippen LogP contribution in [0.2, 0.25) is 0 Å². The van der Waals surface area contributed by atoms with Gasteiger partial charge in [-0.2, -0.15) is 0 Å². The van der Waals surface area contributed by atoms with Gasteiger partial charge in [-0.05, 0) is 6.42 Å². The van der Waals surface area contributed by atoms with Gasteiger partial charge < -0.3 is 0 Å². The predicted molar refractivity (Wildman–Crippen MR) is 70.5 cm³/mol. The summed E-state index contributed by atoms with van der Waals surface area (Å²) in [4.78, 5) is 0. The van der Waals surface area contributed by atoms with E-state index >= 15 is 0 Å². The highest BCUT2D eigenvalue weighted by molar-refractivity contribution is 14.3. The zero-order valence-corrected chi connectivity index (χ0v) is 12.6. The Bertz CT molecular complexity index is 36.7. The van der Waals surface area contributed by atoms with Crippen LogP contribution in [0.25, 0.3) is 0 Å². The van der Waals surface area contributed by atoms with Crippen molar-refractivity contribution in [2.24, 2.45) is 0 Å². The van der Waals surface area contributed by atoms with Gasteiger partial charge >= 0.3 is 0 Å². The third-order valence-corrected chi connectivity index (χ3v) is 2.69. The quantitative estimate of drug-likeness (QED) is 0.343. The molecule has 0 atom stereocenters. The van der Waals surface area contributed by atoms with E-state index in [-0.39, 0.29) is 24.0 Å². The van der Waals surface area contributed by atoms with Crippen LogP contribution in [-0.4, -0.2) is -0.565 Å². The van der Waals surface area contributed by atoms with E-state index in [9.17, 15) is 0 Å². The SMILES string of the molecule is CCC(I)(I)I.I. The lowest BCUT2D eigenvalue weighted by atomic mass is 10.6. The molecule has 0 saturated heterocycles. The summed E-state index contributed by atoms with van der Waals surface area (Å²) in [6, 6.07) is 0. The van der Waals surface area contributed by atoms with Crippen LogP contribution >= 0.6 is 91.7 Å². The summed E-state index contributed by atoms with van der Waals surface area (Å²) in [5, 5.41) is 0. The van der Waals surface area contributed by atoms with Gasteiger partial charge in [-0.15, -0.1) is 24.0 Å². The summed E-state index contributed by atoms with van der Waals surface area (Å²) in [7, 11) is 0. The van der Waals surface area contributed by atoms with Crippen molar-refractivity contribution in [2.75, 3.05) is 0 Å². The third-order valence-electron chi connectivity index (χ3n) is 0.401. The third kappa shape index (κ3) is 12.2. The molecule has 0 aromatic carbocycles. The Morgan fingerprint density at radius 1 is 1.29 bits per heavy atom. The summed E-state index contributed by atoms with van der Waals surface area (Å²) >= 11 is 7.24. The fraction of sp³-hybridized carbons (Fsp3) is 1.00. The normalized spacial score (nSPS) is 10.3. The highest BCUT2D eigenvalue weighted by Crippen LogP contribution is 2.38. The first kappa shape index (κ1) is 12.6. The standard InChI is InChI=1S/C3H5I3.HI/c1-2-3(4,5)6;/h2H2,1H3;1H. The molecule has 7 heavy (non-hydrogen) atoms. The largest absolute Gasteiger partial charge is 0.124 e. The summed E-state index contributed by atoms with van der Waals surface area (Å²) in [5.74, 6) is 0. The first-order valence-electron chi connectivity index (χ1n) is 1.63. The maximum atomic E-state index is 2.41. The van der Waals surface area contributed by atoms with Crippen LogP contribution in [-0.2, 0) is 0 Å². The minimum atomic E-state index is 0. The van der Waals surface area contributed by atoms with Crippen LogP contribution in [0.5, 0.6) is 0 Å². The fourth-order valence-corrected chi connectivity index (χ4v) is 0. The molecular weight excluding hydrogens is 544 g/mol. The first-order chi connectivity index (χ1) is 2.56. The maximum Gasteiger partial charge on any atom is 0.124 e. The smallest absolute Gasteiger partial charge is 0.107 e. The number of alkyl halides is 3. The van der Waals surface area contributed by atoms with E-state index in [1.165, 1.54) is 6.42 Å². The zero-order valence-electron chi connectivity index (χ0n) is 3.75. The van der Waals surface area contributed by atoms with Crippen molar-refractivity contribution in [3.05, 3.63) is 0 Å². The van der Waals surface area contributed by atoms with Gasteiger partial charge in [-0.1, -0.05) is 74.7 Å². The summed E-state index contributed by atoms with van der Waals surface area (Å²) in [5.41, 5.74) is 0. The second-order valence-electron chi connectivity index (χ2n) is 0.969. The van der Waals surface area contributed by atoms with Crippen LogP contribution in [0, 0.1) is 0 Å². The van der Waals surface area contributed by atoms with Crippen molar-refractivity contribution in [1.82, 2.24) is 0 Å². The van der Waals surface area contributed by atoms with E-state index in [1.54, 1.807) is 0 Å². The molecule has 46 valence electrons. The molecule has 0 aromatic rings. The molecule has 0 nitrogen and oxygen atoms in total. The number of halogens is 4. The highest BCUT2D eigenvalue weighted by atomic mass is 127. The molecule has 0 aliphatic heterocycles. The fourth-order valence-electron chi connectivity index (χ4n) is 0. The van der Waals surface area contributed by atoms with E-state index in [2.05, 4.69) is 74.7 Å². The molecule has 4 heteroatoms. The number of rotatable bonds is 1. The Labute approximate surface area is 102 Å². The van der Waals surface area contributed by atoms with Crippen molar-refractivity contribution in [3.8, 4) is 0 Å². The Balaban J connectivity index is 0. The Morgan fingerprint density at radius 3 is 1.43 bits per heavy atom.